The highest BCUT2D eigenvalue weighted by Gasteiger charge is 2.25. The SMILES string of the molecule is Cc1cc(CN(C)[C@@H](Cc2c[nH]c3ccccc23)C(=O)O)on1. The highest BCUT2D eigenvalue weighted by Crippen LogP contribution is 2.21. The first kappa shape index (κ1) is 15.3. The Labute approximate surface area is 133 Å². The number of carboxylic acids is 1. The van der Waals surface area contributed by atoms with Crippen LogP contribution in [0.15, 0.2) is 41.1 Å². The molecule has 0 aliphatic rings. The first-order valence-corrected chi connectivity index (χ1v) is 7.45. The molecule has 0 aliphatic carbocycles. The van der Waals surface area contributed by atoms with Gasteiger partial charge in [-0.2, -0.15) is 0 Å². The number of nitrogens with zero attached hydrogens (tertiary/aromatic N) is 2. The zero-order chi connectivity index (χ0) is 16.4. The molecule has 3 rings (SSSR count). The van der Waals surface area contributed by atoms with E-state index in [0.717, 1.165) is 22.2 Å². The standard InChI is InChI=1S/C17H19N3O3/c1-11-7-13(23-19-11)10-20(2)16(17(21)22)8-12-9-18-15-6-4-3-5-14(12)15/h3-7,9,16,18H,8,10H2,1-2H3,(H,21,22)/t16-/m0/s1. The first-order valence-electron chi connectivity index (χ1n) is 7.45. The molecule has 23 heavy (non-hydrogen) atoms. The summed E-state index contributed by atoms with van der Waals surface area (Å²) in [5.74, 6) is -0.191. The van der Waals surface area contributed by atoms with Gasteiger partial charge in [-0.25, -0.2) is 0 Å². The molecular formula is C17H19N3O3. The fourth-order valence-corrected chi connectivity index (χ4v) is 2.79. The molecule has 0 aliphatic heterocycles. The van der Waals surface area contributed by atoms with Crippen LogP contribution in [0, 0.1) is 6.92 Å². The second kappa shape index (κ2) is 6.26. The van der Waals surface area contributed by atoms with E-state index in [-0.39, 0.29) is 0 Å². The van der Waals surface area contributed by atoms with Crippen molar-refractivity contribution in [2.24, 2.45) is 0 Å². The average molecular weight is 313 g/mol. The largest absolute Gasteiger partial charge is 0.480 e. The minimum Gasteiger partial charge on any atom is -0.480 e. The summed E-state index contributed by atoms with van der Waals surface area (Å²) < 4.78 is 5.18. The van der Waals surface area contributed by atoms with E-state index in [0.29, 0.717) is 18.7 Å². The number of fused-ring (bicyclic) bond motifs is 1. The zero-order valence-corrected chi connectivity index (χ0v) is 13.1. The van der Waals surface area contributed by atoms with Gasteiger partial charge in [0.1, 0.15) is 6.04 Å². The van der Waals surface area contributed by atoms with Crippen molar-refractivity contribution in [3.05, 3.63) is 53.5 Å². The molecule has 0 spiro atoms. The van der Waals surface area contributed by atoms with Crippen molar-refractivity contribution in [1.29, 1.82) is 0 Å². The van der Waals surface area contributed by atoms with Gasteiger partial charge in [-0.1, -0.05) is 23.4 Å². The number of aromatic amines is 1. The molecule has 1 atom stereocenters. The summed E-state index contributed by atoms with van der Waals surface area (Å²) in [6.45, 7) is 2.24. The van der Waals surface area contributed by atoms with E-state index in [1.165, 1.54) is 0 Å². The number of carbonyl (C=O) groups is 1. The lowest BCUT2D eigenvalue weighted by atomic mass is 10.0. The van der Waals surface area contributed by atoms with Crippen LogP contribution in [0.5, 0.6) is 0 Å². The Hall–Kier alpha value is -2.60. The number of likely N-dealkylation sites (N-methyl/N-ethyl adjacent to an activating group) is 1. The number of hydrogen-bond donors (Lipinski definition) is 2. The number of hydrogen-bond acceptors (Lipinski definition) is 4. The fourth-order valence-electron chi connectivity index (χ4n) is 2.79. The number of aliphatic carboxylic acids is 1. The summed E-state index contributed by atoms with van der Waals surface area (Å²) in [6, 6.07) is 9.07. The van der Waals surface area contributed by atoms with Crippen molar-refractivity contribution in [3.63, 3.8) is 0 Å². The van der Waals surface area contributed by atoms with Gasteiger partial charge in [0.2, 0.25) is 0 Å². The summed E-state index contributed by atoms with van der Waals surface area (Å²) in [7, 11) is 1.78. The number of para-hydroxylation sites is 1. The quantitative estimate of drug-likeness (QED) is 0.731. The van der Waals surface area contributed by atoms with Gasteiger partial charge >= 0.3 is 5.97 Å². The van der Waals surface area contributed by atoms with Gasteiger partial charge in [-0.15, -0.1) is 0 Å². The van der Waals surface area contributed by atoms with Crippen LogP contribution < -0.4 is 0 Å². The van der Waals surface area contributed by atoms with Crippen LogP contribution in [-0.4, -0.2) is 39.2 Å². The topological polar surface area (TPSA) is 82.4 Å². The predicted octanol–water partition coefficient (Wildman–Crippen LogP) is 2.59. The van der Waals surface area contributed by atoms with E-state index < -0.39 is 12.0 Å². The molecule has 120 valence electrons. The number of aromatic nitrogens is 2. The Morgan fingerprint density at radius 1 is 1.43 bits per heavy atom. The van der Waals surface area contributed by atoms with Crippen LogP contribution >= 0.6 is 0 Å². The molecule has 0 saturated carbocycles. The van der Waals surface area contributed by atoms with Crippen LogP contribution in [0.1, 0.15) is 17.0 Å². The van der Waals surface area contributed by atoms with E-state index in [4.69, 9.17) is 4.52 Å². The van der Waals surface area contributed by atoms with Gasteiger partial charge < -0.3 is 14.6 Å². The van der Waals surface area contributed by atoms with Gasteiger partial charge in [0.25, 0.3) is 0 Å². The molecule has 6 heteroatoms. The van der Waals surface area contributed by atoms with Gasteiger partial charge in [0.05, 0.1) is 12.2 Å². The Morgan fingerprint density at radius 3 is 2.91 bits per heavy atom. The van der Waals surface area contributed by atoms with Crippen LogP contribution in [0.3, 0.4) is 0 Å². The Kier molecular flexibility index (Phi) is 4.16. The number of H-pyrrole nitrogens is 1. The van der Waals surface area contributed by atoms with Gasteiger partial charge in [0.15, 0.2) is 5.76 Å². The highest BCUT2D eigenvalue weighted by molar-refractivity contribution is 5.84. The number of benzene rings is 1. The summed E-state index contributed by atoms with van der Waals surface area (Å²) in [5.41, 5.74) is 2.80. The lowest BCUT2D eigenvalue weighted by Gasteiger charge is -2.23. The number of rotatable bonds is 6. The van der Waals surface area contributed by atoms with Crippen LogP contribution in [0.25, 0.3) is 10.9 Å². The second-order valence-electron chi connectivity index (χ2n) is 5.77. The Balaban J connectivity index is 1.80. The maximum atomic E-state index is 11.7. The van der Waals surface area contributed by atoms with Crippen LogP contribution in [0.4, 0.5) is 0 Å². The van der Waals surface area contributed by atoms with Crippen molar-refractivity contribution < 1.29 is 14.4 Å². The summed E-state index contributed by atoms with van der Waals surface area (Å²) in [6.07, 6.45) is 2.30. The molecule has 0 unspecified atom stereocenters. The smallest absolute Gasteiger partial charge is 0.321 e. The Morgan fingerprint density at radius 2 is 2.22 bits per heavy atom. The van der Waals surface area contributed by atoms with Crippen LogP contribution in [0.2, 0.25) is 0 Å². The van der Waals surface area contributed by atoms with Crippen molar-refractivity contribution >= 4 is 16.9 Å². The van der Waals surface area contributed by atoms with Crippen molar-refractivity contribution in [2.75, 3.05) is 7.05 Å². The van der Waals surface area contributed by atoms with E-state index >= 15 is 0 Å². The number of carboxylic acid groups (broad SMARTS) is 1. The Bertz CT molecular complexity index is 821. The third-order valence-corrected chi connectivity index (χ3v) is 3.99. The lowest BCUT2D eigenvalue weighted by molar-refractivity contribution is -0.143. The minimum atomic E-state index is -0.853. The molecular weight excluding hydrogens is 294 g/mol. The van der Waals surface area contributed by atoms with E-state index in [9.17, 15) is 9.90 Å². The fraction of sp³-hybridized carbons (Fsp3) is 0.294. The minimum absolute atomic E-state index is 0.403. The third kappa shape index (κ3) is 3.27. The van der Waals surface area contributed by atoms with E-state index in [1.54, 1.807) is 11.9 Å². The molecule has 2 aromatic heterocycles. The molecule has 0 radical (unpaired) electrons. The summed E-state index contributed by atoms with van der Waals surface area (Å²) in [5, 5.41) is 14.5. The van der Waals surface area contributed by atoms with Gasteiger partial charge in [-0.3, -0.25) is 9.69 Å². The molecule has 2 heterocycles. The molecule has 0 amide bonds. The third-order valence-electron chi connectivity index (χ3n) is 3.99. The molecule has 6 nitrogen and oxygen atoms in total. The molecule has 3 aromatic rings. The maximum Gasteiger partial charge on any atom is 0.321 e. The molecule has 1 aromatic carbocycles. The number of aryl methyl sites for hydroxylation is 1. The zero-order valence-electron chi connectivity index (χ0n) is 13.1. The highest BCUT2D eigenvalue weighted by atomic mass is 16.5. The normalized spacial score (nSPS) is 12.8. The van der Waals surface area contributed by atoms with Gasteiger partial charge in [-0.05, 0) is 25.6 Å². The van der Waals surface area contributed by atoms with Crippen molar-refractivity contribution in [1.82, 2.24) is 15.0 Å². The molecule has 0 bridgehead atoms. The van der Waals surface area contributed by atoms with E-state index in [2.05, 4.69) is 10.1 Å². The maximum absolute atomic E-state index is 11.7. The second-order valence-corrected chi connectivity index (χ2v) is 5.77. The first-order chi connectivity index (χ1) is 11.0. The molecule has 2 N–H and O–H groups in total. The summed E-state index contributed by atoms with van der Waals surface area (Å²) in [4.78, 5) is 16.7. The predicted molar refractivity (Wildman–Crippen MR) is 86.1 cm³/mol. The van der Waals surface area contributed by atoms with Gasteiger partial charge in [0, 0.05) is 29.6 Å². The van der Waals surface area contributed by atoms with Crippen LogP contribution in [-0.2, 0) is 17.8 Å². The summed E-state index contributed by atoms with van der Waals surface area (Å²) >= 11 is 0. The van der Waals surface area contributed by atoms with Crippen molar-refractivity contribution in [2.45, 2.75) is 25.9 Å². The number of nitrogens with one attached hydrogen (secondary N) is 1. The molecule has 0 saturated heterocycles. The van der Waals surface area contributed by atoms with Crippen molar-refractivity contribution in [3.8, 4) is 0 Å². The van der Waals surface area contributed by atoms with E-state index in [1.807, 2.05) is 43.5 Å². The molecule has 0 fully saturated rings. The lowest BCUT2D eigenvalue weighted by Crippen LogP contribution is -2.39. The average Bonchev–Trinajstić information content (AvgIpc) is 3.10. The monoisotopic (exact) mass is 313 g/mol.